The van der Waals surface area contributed by atoms with Gasteiger partial charge in [0.25, 0.3) is 0 Å². The number of unbranched alkanes of at least 4 members (excludes halogenated alkanes) is 2. The molecular formula is C25H36N2O3. The van der Waals surface area contributed by atoms with E-state index in [-0.39, 0.29) is 29.4 Å². The molecule has 1 aromatic rings. The standard InChI is InChI=1S/C25H36N2O3/c1-2-3-4-12-26-18-9-10-25(29)20-14-17-7-8-19(28)22-21(17)24(25,23(18)30-22)11-13-27(20)15-16-5-6-16/h7-8,16,18,20,23,26,28-29H,2-6,9-15H2,1H3/t18-,20+,23+,24+,25-/m1/s1. The van der Waals surface area contributed by atoms with Crippen LogP contribution < -0.4 is 10.1 Å². The van der Waals surface area contributed by atoms with E-state index in [0.717, 1.165) is 56.8 Å². The maximum atomic E-state index is 12.4. The van der Waals surface area contributed by atoms with E-state index >= 15 is 0 Å². The van der Waals surface area contributed by atoms with Crippen LogP contribution in [0.1, 0.15) is 69.4 Å². The van der Waals surface area contributed by atoms with Crippen molar-refractivity contribution < 1.29 is 14.9 Å². The number of ether oxygens (including phenoxy) is 1. The molecule has 5 heteroatoms. The summed E-state index contributed by atoms with van der Waals surface area (Å²) in [6.45, 7) is 5.39. The van der Waals surface area contributed by atoms with Gasteiger partial charge in [0.2, 0.25) is 0 Å². The van der Waals surface area contributed by atoms with Crippen molar-refractivity contribution in [3.05, 3.63) is 23.3 Å². The molecule has 0 aromatic heterocycles. The minimum Gasteiger partial charge on any atom is -0.504 e. The molecule has 2 aliphatic heterocycles. The van der Waals surface area contributed by atoms with Crippen LogP contribution in [-0.4, -0.2) is 58.5 Å². The largest absolute Gasteiger partial charge is 0.504 e. The Morgan fingerprint density at radius 1 is 1.20 bits per heavy atom. The minimum atomic E-state index is -0.765. The SMILES string of the molecule is CCCCCN[C@@H]1CC[C@@]2(O)[C@@H]3Cc4ccc(O)c5c4[C@@]2(CCN3CC2CC2)[C@H]1O5. The number of benzene rings is 1. The molecule has 3 N–H and O–H groups in total. The molecule has 2 bridgehead atoms. The number of likely N-dealkylation sites (tertiary alicyclic amines) is 1. The van der Waals surface area contributed by atoms with Crippen molar-refractivity contribution in [1.29, 1.82) is 0 Å². The summed E-state index contributed by atoms with van der Waals surface area (Å²) in [4.78, 5) is 2.60. The van der Waals surface area contributed by atoms with Gasteiger partial charge in [-0.3, -0.25) is 4.90 Å². The zero-order chi connectivity index (χ0) is 20.5. The number of nitrogens with zero attached hydrogens (tertiary/aromatic N) is 1. The molecular weight excluding hydrogens is 376 g/mol. The minimum absolute atomic E-state index is 0.0919. The smallest absolute Gasteiger partial charge is 0.165 e. The molecule has 5 nitrogen and oxygen atoms in total. The lowest BCUT2D eigenvalue weighted by atomic mass is 9.48. The van der Waals surface area contributed by atoms with Crippen molar-refractivity contribution in [2.45, 2.75) is 93.9 Å². The van der Waals surface area contributed by atoms with Crippen LogP contribution in [0.3, 0.4) is 0 Å². The van der Waals surface area contributed by atoms with E-state index < -0.39 is 5.60 Å². The van der Waals surface area contributed by atoms with Crippen molar-refractivity contribution in [3.8, 4) is 11.5 Å². The number of rotatable bonds is 7. The number of nitrogens with one attached hydrogen (secondary N) is 1. The van der Waals surface area contributed by atoms with Crippen molar-refractivity contribution in [3.63, 3.8) is 0 Å². The number of hydrogen-bond acceptors (Lipinski definition) is 5. The fraction of sp³-hybridized carbons (Fsp3) is 0.760. The zero-order valence-electron chi connectivity index (χ0n) is 18.2. The topological polar surface area (TPSA) is 65.0 Å². The van der Waals surface area contributed by atoms with E-state index in [4.69, 9.17) is 4.74 Å². The van der Waals surface area contributed by atoms with E-state index in [1.54, 1.807) is 6.07 Å². The van der Waals surface area contributed by atoms with Crippen LogP contribution in [0.25, 0.3) is 0 Å². The van der Waals surface area contributed by atoms with Crippen LogP contribution in [0.2, 0.25) is 0 Å². The van der Waals surface area contributed by atoms with E-state index in [9.17, 15) is 10.2 Å². The highest BCUT2D eigenvalue weighted by Gasteiger charge is 2.72. The van der Waals surface area contributed by atoms with E-state index in [0.29, 0.717) is 5.75 Å². The third kappa shape index (κ3) is 2.52. The molecule has 2 saturated carbocycles. The summed E-state index contributed by atoms with van der Waals surface area (Å²) in [7, 11) is 0. The number of phenolic OH excluding ortho intramolecular Hbond substituents is 1. The predicted molar refractivity (Wildman–Crippen MR) is 116 cm³/mol. The summed E-state index contributed by atoms with van der Waals surface area (Å²) in [5, 5.41) is 26.9. The Kier molecular flexibility index (Phi) is 4.43. The van der Waals surface area contributed by atoms with Gasteiger partial charge in [0.15, 0.2) is 11.5 Å². The lowest BCUT2D eigenvalue weighted by molar-refractivity contribution is -0.191. The lowest BCUT2D eigenvalue weighted by Gasteiger charge is -2.64. The van der Waals surface area contributed by atoms with Gasteiger partial charge in [0, 0.05) is 24.2 Å². The fourth-order valence-electron chi connectivity index (χ4n) is 7.35. The Morgan fingerprint density at radius 3 is 2.87 bits per heavy atom. The van der Waals surface area contributed by atoms with Crippen molar-refractivity contribution in [2.24, 2.45) is 5.92 Å². The van der Waals surface area contributed by atoms with Crippen LogP contribution in [0.15, 0.2) is 12.1 Å². The molecule has 5 atom stereocenters. The molecule has 3 aliphatic carbocycles. The predicted octanol–water partition coefficient (Wildman–Crippen LogP) is 3.10. The molecule has 0 radical (unpaired) electrons. The molecule has 6 rings (SSSR count). The van der Waals surface area contributed by atoms with Gasteiger partial charge in [-0.2, -0.15) is 0 Å². The highest BCUT2D eigenvalue weighted by Crippen LogP contribution is 2.65. The normalized spacial score (nSPS) is 38.9. The Morgan fingerprint density at radius 2 is 2.07 bits per heavy atom. The van der Waals surface area contributed by atoms with Crippen LogP contribution in [0.5, 0.6) is 11.5 Å². The van der Waals surface area contributed by atoms with Crippen molar-refractivity contribution in [2.75, 3.05) is 19.6 Å². The summed E-state index contributed by atoms with van der Waals surface area (Å²) in [5.74, 6) is 1.72. The van der Waals surface area contributed by atoms with E-state index in [1.165, 1.54) is 37.7 Å². The Bertz CT molecular complexity index is 840. The van der Waals surface area contributed by atoms with Crippen LogP contribution in [-0.2, 0) is 11.8 Å². The molecule has 0 unspecified atom stereocenters. The average molecular weight is 413 g/mol. The van der Waals surface area contributed by atoms with Gasteiger partial charge in [0.1, 0.15) is 6.10 Å². The summed E-state index contributed by atoms with van der Waals surface area (Å²) < 4.78 is 6.58. The lowest BCUT2D eigenvalue weighted by Crippen LogP contribution is -2.78. The van der Waals surface area contributed by atoms with Gasteiger partial charge in [-0.15, -0.1) is 0 Å². The number of hydrogen-bond donors (Lipinski definition) is 3. The molecule has 3 fully saturated rings. The molecule has 1 saturated heterocycles. The summed E-state index contributed by atoms with van der Waals surface area (Å²) in [6.07, 6.45) is 9.79. The van der Waals surface area contributed by atoms with Crippen molar-refractivity contribution in [1.82, 2.24) is 10.2 Å². The van der Waals surface area contributed by atoms with Crippen LogP contribution in [0, 0.1) is 5.92 Å². The van der Waals surface area contributed by atoms with Crippen molar-refractivity contribution >= 4 is 0 Å². The summed E-state index contributed by atoms with van der Waals surface area (Å²) >= 11 is 0. The molecule has 1 spiro atoms. The second-order valence-electron chi connectivity index (χ2n) is 10.6. The first-order valence-electron chi connectivity index (χ1n) is 12.3. The first-order chi connectivity index (χ1) is 14.6. The van der Waals surface area contributed by atoms with Gasteiger partial charge in [-0.05, 0) is 75.6 Å². The maximum Gasteiger partial charge on any atom is 0.165 e. The summed E-state index contributed by atoms with van der Waals surface area (Å²) in [6, 6.07) is 4.29. The number of aromatic hydroxyl groups is 1. The zero-order valence-corrected chi connectivity index (χ0v) is 18.2. The van der Waals surface area contributed by atoms with E-state index in [2.05, 4.69) is 23.2 Å². The first kappa shape index (κ1) is 19.4. The van der Waals surface area contributed by atoms with E-state index in [1.807, 2.05) is 0 Å². The quantitative estimate of drug-likeness (QED) is 0.601. The molecule has 5 aliphatic rings. The second kappa shape index (κ2) is 6.85. The van der Waals surface area contributed by atoms with Crippen LogP contribution in [0.4, 0.5) is 0 Å². The highest BCUT2D eigenvalue weighted by molar-refractivity contribution is 5.62. The van der Waals surface area contributed by atoms with Gasteiger partial charge in [-0.1, -0.05) is 25.8 Å². The number of aliphatic hydroxyl groups is 1. The van der Waals surface area contributed by atoms with Gasteiger partial charge in [-0.25, -0.2) is 0 Å². The van der Waals surface area contributed by atoms with Gasteiger partial charge < -0.3 is 20.3 Å². The van der Waals surface area contributed by atoms with Gasteiger partial charge in [0.05, 0.1) is 11.0 Å². The molecule has 30 heavy (non-hydrogen) atoms. The Hall–Kier alpha value is -1.30. The fourth-order valence-corrected chi connectivity index (χ4v) is 7.35. The third-order valence-corrected chi connectivity index (χ3v) is 8.95. The summed E-state index contributed by atoms with van der Waals surface area (Å²) in [5.41, 5.74) is 1.27. The monoisotopic (exact) mass is 412 g/mol. The molecule has 2 heterocycles. The Labute approximate surface area is 179 Å². The maximum absolute atomic E-state index is 12.4. The molecule has 164 valence electrons. The first-order valence-corrected chi connectivity index (χ1v) is 12.3. The molecule has 0 amide bonds. The van der Waals surface area contributed by atoms with Crippen LogP contribution >= 0.6 is 0 Å². The number of piperidine rings is 1. The Balaban J connectivity index is 1.40. The second-order valence-corrected chi connectivity index (χ2v) is 10.6. The molecule has 1 aromatic carbocycles. The average Bonchev–Trinajstić information content (AvgIpc) is 3.47. The third-order valence-electron chi connectivity index (χ3n) is 8.95. The van der Waals surface area contributed by atoms with Gasteiger partial charge >= 0.3 is 0 Å². The highest BCUT2D eigenvalue weighted by atomic mass is 16.5. The number of phenols is 1.